The highest BCUT2D eigenvalue weighted by Gasteiger charge is 2.90. The minimum atomic E-state index is -8.00. The topological polar surface area (TPSA) is 115 Å². The van der Waals surface area contributed by atoms with Crippen molar-refractivity contribution in [3.63, 3.8) is 0 Å². The summed E-state index contributed by atoms with van der Waals surface area (Å²) in [5.74, 6) is -39.4. The smallest absolute Gasteiger partial charge is 0.374 e. The largest absolute Gasteiger partial charge is 0.500 e. The van der Waals surface area contributed by atoms with Crippen LogP contribution >= 0.6 is 11.8 Å². The monoisotopic (exact) mass is 776 g/mol. The zero-order valence-electron chi connectivity index (χ0n) is 24.9. The van der Waals surface area contributed by atoms with Crippen molar-refractivity contribution in [2.75, 3.05) is 44.4 Å². The fourth-order valence-corrected chi connectivity index (χ4v) is 8.31. The van der Waals surface area contributed by atoms with Crippen molar-refractivity contribution in [1.29, 1.82) is 0 Å². The van der Waals surface area contributed by atoms with E-state index in [1.54, 1.807) is 25.8 Å². The number of rotatable bonds is 22. The van der Waals surface area contributed by atoms with Crippen molar-refractivity contribution in [3.05, 3.63) is 0 Å². The molecule has 26 heteroatoms. The molecule has 0 aromatic carbocycles. The molecule has 280 valence electrons. The van der Waals surface area contributed by atoms with E-state index in [0.717, 1.165) is 0 Å². The Hall–Kier alpha value is -1.78. The van der Waals surface area contributed by atoms with Gasteiger partial charge in [-0.1, -0.05) is 0 Å². The minimum absolute atomic E-state index is 0.126. The lowest BCUT2D eigenvalue weighted by Crippen LogP contribution is -2.70. The molecule has 4 amide bonds. The van der Waals surface area contributed by atoms with Crippen molar-refractivity contribution in [2.24, 2.45) is 5.73 Å². The minimum Gasteiger partial charge on any atom is -0.374 e. The quantitative estimate of drug-likeness (QED) is 0.0567. The summed E-state index contributed by atoms with van der Waals surface area (Å²) in [7, 11) is -7.37. The second-order valence-corrected chi connectivity index (χ2v) is 14.8. The molecule has 0 aromatic rings. The van der Waals surface area contributed by atoms with Gasteiger partial charge in [-0.3, -0.25) is 4.11 Å². The third-order valence-corrected chi connectivity index (χ3v) is 11.5. The van der Waals surface area contributed by atoms with E-state index in [2.05, 4.69) is 5.32 Å². The SMILES string of the molecule is CCO[Si](CCCNC(=O)N(CCSCCC(F)(F)C(F)(F)C(F)(F)C(F)(F)C(F)(F)C(F)(F)F)[SiH](F)NC(N)=O)(OCC)OCC. The van der Waals surface area contributed by atoms with Gasteiger partial charge in [0.15, 0.2) is 0 Å². The fourth-order valence-electron chi connectivity index (χ4n) is 3.54. The Morgan fingerprint density at radius 3 is 1.68 bits per heavy atom. The van der Waals surface area contributed by atoms with Gasteiger partial charge in [0.05, 0.1) is 0 Å². The molecular weight excluding hydrogens is 742 g/mol. The Kier molecular flexibility index (Phi) is 17.1. The molecule has 9 nitrogen and oxygen atoms in total. The predicted molar refractivity (Wildman–Crippen MR) is 144 cm³/mol. The number of hydrogen-bond acceptors (Lipinski definition) is 6. The van der Waals surface area contributed by atoms with Crippen LogP contribution < -0.4 is 16.0 Å². The molecule has 0 saturated carbocycles. The number of thioether (sulfide) groups is 1. The Balaban J connectivity index is 5.47. The third kappa shape index (κ3) is 11.1. The number of carbonyl (C=O) groups excluding carboxylic acids is 2. The molecule has 0 bridgehead atoms. The number of primary amides is 1. The number of halogens is 14. The average molecular weight is 777 g/mol. The van der Waals surface area contributed by atoms with Crippen LogP contribution in [0.5, 0.6) is 0 Å². The highest BCUT2D eigenvalue weighted by Crippen LogP contribution is 2.60. The molecule has 0 heterocycles. The first-order chi connectivity index (χ1) is 21.2. The summed E-state index contributed by atoms with van der Waals surface area (Å²) in [6, 6.07) is -2.38. The molecule has 0 aromatic heterocycles. The van der Waals surface area contributed by atoms with Crippen LogP contribution in [0.2, 0.25) is 6.04 Å². The lowest BCUT2D eigenvalue weighted by atomic mass is 9.93. The van der Waals surface area contributed by atoms with Crippen molar-refractivity contribution in [2.45, 2.75) is 75.4 Å². The van der Waals surface area contributed by atoms with Crippen LogP contribution in [0.25, 0.3) is 0 Å². The Morgan fingerprint density at radius 1 is 0.787 bits per heavy atom. The van der Waals surface area contributed by atoms with E-state index in [4.69, 9.17) is 19.0 Å². The number of alkyl halides is 13. The second-order valence-electron chi connectivity index (χ2n) is 9.22. The Bertz CT molecular complexity index is 987. The van der Waals surface area contributed by atoms with Crippen molar-refractivity contribution in [1.82, 2.24) is 14.9 Å². The first-order valence-electron chi connectivity index (χ1n) is 13.4. The molecule has 1 unspecified atom stereocenters. The van der Waals surface area contributed by atoms with Crippen LogP contribution in [0.1, 0.15) is 33.6 Å². The molecule has 0 aliphatic heterocycles. The van der Waals surface area contributed by atoms with Gasteiger partial charge in [-0.15, -0.1) is 0 Å². The fraction of sp³-hybridized carbons (Fsp3) is 0.905. The summed E-state index contributed by atoms with van der Waals surface area (Å²) in [6.45, 7) is 4.89. The second kappa shape index (κ2) is 17.8. The first-order valence-corrected chi connectivity index (χ1v) is 18.1. The lowest BCUT2D eigenvalue weighted by molar-refractivity contribution is -0.439. The van der Waals surface area contributed by atoms with Gasteiger partial charge in [-0.05, 0) is 32.9 Å². The third-order valence-electron chi connectivity index (χ3n) is 5.86. The average Bonchev–Trinajstić information content (AvgIpc) is 2.91. The molecule has 0 rings (SSSR count). The van der Waals surface area contributed by atoms with Crippen LogP contribution in [-0.2, 0) is 13.3 Å². The summed E-state index contributed by atoms with van der Waals surface area (Å²) < 4.78 is 204. The summed E-state index contributed by atoms with van der Waals surface area (Å²) in [6.07, 6.45) is -9.80. The van der Waals surface area contributed by atoms with Crippen LogP contribution in [0.3, 0.4) is 0 Å². The zero-order valence-corrected chi connectivity index (χ0v) is 27.9. The number of nitrogens with two attached hydrogens (primary N) is 1. The number of nitrogens with one attached hydrogen (secondary N) is 2. The van der Waals surface area contributed by atoms with Crippen LogP contribution in [0.4, 0.5) is 70.8 Å². The maximum absolute atomic E-state index is 14.7. The number of amides is 4. The number of hydrogen-bond donors (Lipinski definition) is 3. The van der Waals surface area contributed by atoms with Gasteiger partial charge >= 0.3 is 66.1 Å². The van der Waals surface area contributed by atoms with E-state index in [9.17, 15) is 70.8 Å². The van der Waals surface area contributed by atoms with Gasteiger partial charge in [0.1, 0.15) is 0 Å². The van der Waals surface area contributed by atoms with Gasteiger partial charge in [-0.2, -0.15) is 68.8 Å². The highest BCUT2D eigenvalue weighted by molar-refractivity contribution is 7.99. The maximum atomic E-state index is 14.7. The molecular formula is C21H34F14N4O5SSi2. The molecule has 0 radical (unpaired) electrons. The molecule has 0 fully saturated rings. The molecule has 1 atom stereocenters. The molecule has 4 N–H and O–H groups in total. The molecule has 0 aliphatic rings. The molecule has 0 saturated heterocycles. The molecule has 47 heavy (non-hydrogen) atoms. The van der Waals surface area contributed by atoms with Gasteiger partial charge in [-0.25, -0.2) is 9.59 Å². The zero-order chi connectivity index (χ0) is 37.1. The van der Waals surface area contributed by atoms with Gasteiger partial charge in [0.2, 0.25) is 0 Å². The van der Waals surface area contributed by atoms with Crippen molar-refractivity contribution >= 4 is 42.1 Å². The number of urea groups is 2. The van der Waals surface area contributed by atoms with Gasteiger partial charge in [0, 0.05) is 51.1 Å². The predicted octanol–water partition coefficient (Wildman–Crippen LogP) is 5.65. The van der Waals surface area contributed by atoms with Crippen molar-refractivity contribution in [3.8, 4) is 0 Å². The van der Waals surface area contributed by atoms with Crippen LogP contribution in [0.15, 0.2) is 0 Å². The van der Waals surface area contributed by atoms with Gasteiger partial charge < -0.3 is 33.9 Å². The molecule has 0 aliphatic carbocycles. The van der Waals surface area contributed by atoms with Crippen LogP contribution in [-0.4, -0.2) is 115 Å². The van der Waals surface area contributed by atoms with E-state index in [0.29, 0.717) is 4.57 Å². The number of nitrogens with zero attached hydrogens (tertiary/aromatic N) is 1. The Morgan fingerprint density at radius 2 is 1.26 bits per heavy atom. The van der Waals surface area contributed by atoms with E-state index < -0.39 is 90.6 Å². The first kappa shape index (κ1) is 45.2. The summed E-state index contributed by atoms with van der Waals surface area (Å²) in [5, 5.41) is 2.30. The lowest BCUT2D eigenvalue weighted by Gasteiger charge is -2.39. The van der Waals surface area contributed by atoms with Crippen LogP contribution in [0, 0.1) is 0 Å². The van der Waals surface area contributed by atoms with E-state index >= 15 is 0 Å². The van der Waals surface area contributed by atoms with Gasteiger partial charge in [0.25, 0.3) is 0 Å². The maximum Gasteiger partial charge on any atom is 0.500 e. The highest BCUT2D eigenvalue weighted by atomic mass is 32.2. The summed E-state index contributed by atoms with van der Waals surface area (Å²) in [4.78, 5) is 25.3. The summed E-state index contributed by atoms with van der Waals surface area (Å²) in [5.41, 5.74) is 4.83. The number of carbonyl (C=O) groups is 2. The summed E-state index contributed by atoms with van der Waals surface area (Å²) >= 11 is 0.126. The van der Waals surface area contributed by atoms with E-state index in [1.807, 2.05) is 0 Å². The standard InChI is InChI=1S/C21H34F14N4O5SSi2/c1-4-42-47(43-5-2,44-6-3)13-7-9-37-15(41)39(46(35)38-14(36)40)10-12-45-11-8-16(22,23)17(24,25)18(26,27)19(28,29)20(30,31)21(32,33)34/h46H,4-13H2,1-3H3,(H,37,41)(H3,36,38,40). The Labute approximate surface area is 266 Å². The molecule has 0 spiro atoms. The van der Waals surface area contributed by atoms with Crippen molar-refractivity contribution < 1.29 is 84.1 Å². The van der Waals surface area contributed by atoms with E-state index in [1.165, 1.54) is 0 Å². The van der Waals surface area contributed by atoms with E-state index in [-0.39, 0.29) is 50.6 Å². The normalized spacial score (nSPS) is 14.6.